The number of benzene rings is 3. The molecule has 3 aromatic carbocycles. The van der Waals surface area contributed by atoms with Crippen LogP contribution in [0.1, 0.15) is 32.9 Å². The Hall–Kier alpha value is -4.01. The van der Waals surface area contributed by atoms with Crippen LogP contribution in [0.3, 0.4) is 0 Å². The molecule has 0 aliphatic carbocycles. The molecule has 0 spiro atoms. The summed E-state index contributed by atoms with van der Waals surface area (Å²) in [7, 11) is 0. The van der Waals surface area contributed by atoms with Gasteiger partial charge in [-0.25, -0.2) is 4.68 Å². The molecule has 1 N–H and O–H groups in total. The molecular formula is C27H22ClN3O2. The van der Waals surface area contributed by atoms with E-state index < -0.39 is 0 Å². The fourth-order valence-electron chi connectivity index (χ4n) is 3.41. The first-order valence-corrected chi connectivity index (χ1v) is 10.7. The second-order valence-electron chi connectivity index (χ2n) is 7.67. The van der Waals surface area contributed by atoms with E-state index in [1.54, 1.807) is 41.1 Å². The summed E-state index contributed by atoms with van der Waals surface area (Å²) in [5, 5.41) is 7.97. The molecule has 0 bridgehead atoms. The molecule has 1 aromatic heterocycles. The first-order valence-electron chi connectivity index (χ1n) is 10.3. The van der Waals surface area contributed by atoms with Gasteiger partial charge in [0.15, 0.2) is 5.75 Å². The van der Waals surface area contributed by atoms with Crippen molar-refractivity contribution in [3.05, 3.63) is 99.8 Å². The van der Waals surface area contributed by atoms with Crippen molar-refractivity contribution >= 4 is 23.2 Å². The molecule has 1 heterocycles. The van der Waals surface area contributed by atoms with E-state index in [1.807, 2.05) is 51.1 Å². The predicted octanol–water partition coefficient (Wildman–Crippen LogP) is 6.48. The van der Waals surface area contributed by atoms with Crippen molar-refractivity contribution < 1.29 is 9.53 Å². The lowest BCUT2D eigenvalue weighted by molar-refractivity contribution is 0.102. The van der Waals surface area contributed by atoms with Gasteiger partial charge in [-0.2, -0.15) is 5.10 Å². The number of anilines is 1. The van der Waals surface area contributed by atoms with Crippen LogP contribution in [0.5, 0.6) is 11.5 Å². The molecule has 6 heteroatoms. The van der Waals surface area contributed by atoms with E-state index in [-0.39, 0.29) is 5.91 Å². The molecule has 0 aliphatic rings. The summed E-state index contributed by atoms with van der Waals surface area (Å²) >= 11 is 6.26. The van der Waals surface area contributed by atoms with Crippen LogP contribution in [0, 0.1) is 33.1 Å². The first-order chi connectivity index (χ1) is 15.9. The average molecular weight is 456 g/mol. The number of halogens is 1. The summed E-state index contributed by atoms with van der Waals surface area (Å²) in [5.41, 5.74) is 5.39. The van der Waals surface area contributed by atoms with Gasteiger partial charge in [0.25, 0.3) is 5.91 Å². The third-order valence-corrected chi connectivity index (χ3v) is 5.54. The van der Waals surface area contributed by atoms with Gasteiger partial charge in [-0.15, -0.1) is 6.42 Å². The highest BCUT2D eigenvalue weighted by molar-refractivity contribution is 6.31. The zero-order valence-corrected chi connectivity index (χ0v) is 19.3. The van der Waals surface area contributed by atoms with Crippen LogP contribution in [0.25, 0.3) is 5.69 Å². The third-order valence-electron chi connectivity index (χ3n) is 5.22. The Labute approximate surface area is 198 Å². The standard InChI is InChI=1S/C27H22ClN3O2/c1-5-20-8-13-23(16-25(20)28)31-19(4)26(18(3)30-31)33-24-14-9-21(10-15-24)27(32)29-22-11-6-17(2)7-12-22/h1,6-16H,2-4H3,(H,29,32). The molecular weight excluding hydrogens is 434 g/mol. The van der Waals surface area contributed by atoms with Gasteiger partial charge in [0, 0.05) is 16.8 Å². The number of nitrogens with zero attached hydrogens (tertiary/aromatic N) is 2. The predicted molar refractivity (Wildman–Crippen MR) is 132 cm³/mol. The monoisotopic (exact) mass is 455 g/mol. The summed E-state index contributed by atoms with van der Waals surface area (Å²) in [4.78, 5) is 12.5. The Morgan fingerprint density at radius 1 is 1.03 bits per heavy atom. The van der Waals surface area contributed by atoms with E-state index in [2.05, 4.69) is 16.3 Å². The Bertz CT molecular complexity index is 1360. The maximum atomic E-state index is 12.5. The average Bonchev–Trinajstić information content (AvgIpc) is 3.09. The van der Waals surface area contributed by atoms with Gasteiger partial charge in [0.2, 0.25) is 0 Å². The van der Waals surface area contributed by atoms with Gasteiger partial charge in [0.1, 0.15) is 11.4 Å². The quantitative estimate of drug-likeness (QED) is 0.350. The van der Waals surface area contributed by atoms with Crippen molar-refractivity contribution in [3.8, 4) is 29.5 Å². The Morgan fingerprint density at radius 3 is 2.36 bits per heavy atom. The molecule has 4 rings (SSSR count). The lowest BCUT2D eigenvalue weighted by atomic mass is 10.2. The van der Waals surface area contributed by atoms with Crippen molar-refractivity contribution in [3.63, 3.8) is 0 Å². The number of amides is 1. The molecule has 4 aromatic rings. The van der Waals surface area contributed by atoms with Gasteiger partial charge in [-0.1, -0.05) is 35.2 Å². The van der Waals surface area contributed by atoms with Crippen molar-refractivity contribution in [2.24, 2.45) is 0 Å². The Balaban J connectivity index is 1.51. The van der Waals surface area contributed by atoms with E-state index in [1.165, 1.54) is 0 Å². The fourth-order valence-corrected chi connectivity index (χ4v) is 3.64. The summed E-state index contributed by atoms with van der Waals surface area (Å²) in [5.74, 6) is 3.62. The van der Waals surface area contributed by atoms with Gasteiger partial charge < -0.3 is 10.1 Å². The second-order valence-corrected chi connectivity index (χ2v) is 8.07. The largest absolute Gasteiger partial charge is 0.453 e. The van der Waals surface area contributed by atoms with Crippen LogP contribution >= 0.6 is 11.6 Å². The third kappa shape index (κ3) is 4.77. The number of terminal acetylenes is 1. The van der Waals surface area contributed by atoms with E-state index >= 15 is 0 Å². The van der Waals surface area contributed by atoms with Gasteiger partial charge in [-0.3, -0.25) is 4.79 Å². The number of carbonyl (C=O) groups excluding carboxylic acids is 1. The SMILES string of the molecule is C#Cc1ccc(-n2nc(C)c(Oc3ccc(C(=O)Nc4ccc(C)cc4)cc3)c2C)cc1Cl. The first kappa shape index (κ1) is 22.2. The number of ether oxygens (including phenoxy) is 1. The molecule has 0 fully saturated rings. The van der Waals surface area contributed by atoms with Crippen LogP contribution in [-0.4, -0.2) is 15.7 Å². The summed E-state index contributed by atoms with van der Waals surface area (Å²) in [6.45, 7) is 5.79. The molecule has 0 saturated carbocycles. The van der Waals surface area contributed by atoms with Crippen molar-refractivity contribution in [2.75, 3.05) is 5.32 Å². The zero-order chi connectivity index (χ0) is 23.5. The fraction of sp³-hybridized carbons (Fsp3) is 0.111. The van der Waals surface area contributed by atoms with Crippen LogP contribution in [-0.2, 0) is 0 Å². The van der Waals surface area contributed by atoms with Gasteiger partial charge in [0.05, 0.1) is 16.4 Å². The number of hydrogen-bond acceptors (Lipinski definition) is 3. The second kappa shape index (κ2) is 9.23. The van der Waals surface area contributed by atoms with Crippen LogP contribution in [0.2, 0.25) is 5.02 Å². The number of aryl methyl sites for hydroxylation is 2. The number of hydrogen-bond donors (Lipinski definition) is 1. The number of carbonyl (C=O) groups is 1. The van der Waals surface area contributed by atoms with Crippen molar-refractivity contribution in [1.29, 1.82) is 0 Å². The summed E-state index contributed by atoms with van der Waals surface area (Å²) < 4.78 is 7.87. The summed E-state index contributed by atoms with van der Waals surface area (Å²) in [6.07, 6.45) is 5.45. The van der Waals surface area contributed by atoms with Gasteiger partial charge in [-0.05, 0) is 75.4 Å². The van der Waals surface area contributed by atoms with Crippen molar-refractivity contribution in [2.45, 2.75) is 20.8 Å². The molecule has 0 atom stereocenters. The maximum Gasteiger partial charge on any atom is 0.255 e. The maximum absolute atomic E-state index is 12.5. The lowest BCUT2D eigenvalue weighted by Gasteiger charge is -2.09. The molecule has 0 saturated heterocycles. The van der Waals surface area contributed by atoms with E-state index in [4.69, 9.17) is 22.8 Å². The highest BCUT2D eigenvalue weighted by Crippen LogP contribution is 2.31. The number of aromatic nitrogens is 2. The number of rotatable bonds is 5. The number of nitrogens with one attached hydrogen (secondary N) is 1. The minimum absolute atomic E-state index is 0.183. The molecule has 0 radical (unpaired) electrons. The molecule has 1 amide bonds. The van der Waals surface area contributed by atoms with E-state index in [0.717, 1.165) is 28.3 Å². The molecule has 0 aliphatic heterocycles. The molecule has 164 valence electrons. The smallest absolute Gasteiger partial charge is 0.255 e. The zero-order valence-electron chi connectivity index (χ0n) is 18.5. The Kier molecular flexibility index (Phi) is 6.21. The van der Waals surface area contributed by atoms with Crippen LogP contribution < -0.4 is 10.1 Å². The van der Waals surface area contributed by atoms with Crippen molar-refractivity contribution in [1.82, 2.24) is 9.78 Å². The molecule has 0 unspecified atom stereocenters. The highest BCUT2D eigenvalue weighted by atomic mass is 35.5. The van der Waals surface area contributed by atoms with E-state index in [9.17, 15) is 4.79 Å². The highest BCUT2D eigenvalue weighted by Gasteiger charge is 2.16. The Morgan fingerprint density at radius 2 is 1.73 bits per heavy atom. The summed E-state index contributed by atoms with van der Waals surface area (Å²) in [6, 6.07) is 20.1. The minimum atomic E-state index is -0.183. The molecule has 5 nitrogen and oxygen atoms in total. The lowest BCUT2D eigenvalue weighted by Crippen LogP contribution is -2.11. The minimum Gasteiger partial charge on any atom is -0.453 e. The topological polar surface area (TPSA) is 56.2 Å². The van der Waals surface area contributed by atoms with E-state index in [0.29, 0.717) is 27.6 Å². The molecule has 33 heavy (non-hydrogen) atoms. The normalized spacial score (nSPS) is 10.5. The van der Waals surface area contributed by atoms with Gasteiger partial charge >= 0.3 is 0 Å². The van der Waals surface area contributed by atoms with Crippen LogP contribution in [0.15, 0.2) is 66.7 Å². The van der Waals surface area contributed by atoms with Crippen LogP contribution in [0.4, 0.5) is 5.69 Å².